The van der Waals surface area contributed by atoms with Crippen molar-refractivity contribution in [3.8, 4) is 0 Å². The standard InChI is InChI=1S/C22H26O6/c1-21(27,18(24)14-16-11-7-4-8-12-16)22(2,28)20(26)19(25)17(23)13-15-9-5-3-6-10-15/h3-14,19-20,23-28H,1-2H3/t19-,20-,21+,22+/m1/s1. The summed E-state index contributed by atoms with van der Waals surface area (Å²) in [5, 5.41) is 62.7. The molecule has 0 heterocycles. The summed E-state index contributed by atoms with van der Waals surface area (Å²) in [6.07, 6.45) is -1.43. The van der Waals surface area contributed by atoms with Crippen LogP contribution in [0.5, 0.6) is 0 Å². The summed E-state index contributed by atoms with van der Waals surface area (Å²) < 4.78 is 0. The van der Waals surface area contributed by atoms with E-state index >= 15 is 0 Å². The zero-order valence-corrected chi connectivity index (χ0v) is 15.8. The lowest BCUT2D eigenvalue weighted by Gasteiger charge is -2.42. The Balaban J connectivity index is 2.27. The minimum absolute atomic E-state index is 0.568. The third-order valence-corrected chi connectivity index (χ3v) is 4.88. The molecule has 6 heteroatoms. The maximum absolute atomic E-state index is 10.7. The zero-order valence-electron chi connectivity index (χ0n) is 15.8. The first-order chi connectivity index (χ1) is 13.1. The Morgan fingerprint density at radius 2 is 1.21 bits per heavy atom. The van der Waals surface area contributed by atoms with Gasteiger partial charge in [0.2, 0.25) is 0 Å². The van der Waals surface area contributed by atoms with E-state index in [1.165, 1.54) is 12.2 Å². The first kappa shape index (κ1) is 21.7. The van der Waals surface area contributed by atoms with Crippen LogP contribution < -0.4 is 0 Å². The van der Waals surface area contributed by atoms with Crippen LogP contribution in [0.4, 0.5) is 0 Å². The average Bonchev–Trinajstić information content (AvgIpc) is 2.68. The molecule has 0 saturated carbocycles. The van der Waals surface area contributed by atoms with Crippen LogP contribution in [0.3, 0.4) is 0 Å². The normalized spacial score (nSPS) is 19.4. The van der Waals surface area contributed by atoms with Gasteiger partial charge in [0.1, 0.15) is 34.9 Å². The lowest BCUT2D eigenvalue weighted by molar-refractivity contribution is -0.200. The van der Waals surface area contributed by atoms with E-state index in [0.29, 0.717) is 11.1 Å². The molecule has 2 aromatic carbocycles. The molecular formula is C22H26O6. The molecule has 6 nitrogen and oxygen atoms in total. The molecule has 2 aromatic rings. The summed E-state index contributed by atoms with van der Waals surface area (Å²) in [6.45, 7) is 2.17. The molecule has 0 spiro atoms. The van der Waals surface area contributed by atoms with Crippen molar-refractivity contribution in [1.82, 2.24) is 0 Å². The van der Waals surface area contributed by atoms with Gasteiger partial charge in [0.15, 0.2) is 0 Å². The van der Waals surface area contributed by atoms with Crippen molar-refractivity contribution in [2.24, 2.45) is 0 Å². The van der Waals surface area contributed by atoms with Crippen LogP contribution in [0.15, 0.2) is 72.2 Å². The van der Waals surface area contributed by atoms with Crippen molar-refractivity contribution >= 4 is 12.2 Å². The van der Waals surface area contributed by atoms with Gasteiger partial charge in [-0.25, -0.2) is 0 Å². The second kappa shape index (κ2) is 8.58. The Hall–Kier alpha value is -2.64. The zero-order chi connectivity index (χ0) is 20.9. The molecule has 0 aliphatic rings. The lowest BCUT2D eigenvalue weighted by Crippen LogP contribution is -2.62. The summed E-state index contributed by atoms with van der Waals surface area (Å²) in [7, 11) is 0. The van der Waals surface area contributed by atoms with Crippen molar-refractivity contribution in [2.75, 3.05) is 0 Å². The lowest BCUT2D eigenvalue weighted by atomic mass is 9.77. The van der Waals surface area contributed by atoms with Gasteiger partial charge in [-0.15, -0.1) is 0 Å². The van der Waals surface area contributed by atoms with Gasteiger partial charge < -0.3 is 30.6 Å². The Kier molecular flexibility index (Phi) is 6.64. The van der Waals surface area contributed by atoms with E-state index in [1.54, 1.807) is 60.7 Å². The molecule has 0 aromatic heterocycles. The first-order valence-electron chi connectivity index (χ1n) is 8.80. The topological polar surface area (TPSA) is 121 Å². The number of hydrogen-bond donors (Lipinski definition) is 6. The quantitative estimate of drug-likeness (QED) is 0.407. The van der Waals surface area contributed by atoms with Crippen molar-refractivity contribution in [2.45, 2.75) is 37.3 Å². The van der Waals surface area contributed by atoms with Crippen LogP contribution in [-0.2, 0) is 0 Å². The summed E-state index contributed by atoms with van der Waals surface area (Å²) in [4.78, 5) is 0. The Bertz CT molecular complexity index is 825. The molecule has 0 radical (unpaired) electrons. The van der Waals surface area contributed by atoms with Crippen LogP contribution in [-0.4, -0.2) is 54.0 Å². The highest BCUT2D eigenvalue weighted by Crippen LogP contribution is 2.34. The minimum Gasteiger partial charge on any atom is -0.509 e. The van der Waals surface area contributed by atoms with Crippen LogP contribution in [0, 0.1) is 0 Å². The number of aliphatic hydroxyl groups is 6. The van der Waals surface area contributed by atoms with Gasteiger partial charge in [0, 0.05) is 0 Å². The summed E-state index contributed by atoms with van der Waals surface area (Å²) in [5.41, 5.74) is -3.58. The molecule has 0 bridgehead atoms. The minimum atomic E-state index is -2.40. The molecule has 0 fully saturated rings. The van der Waals surface area contributed by atoms with E-state index < -0.39 is 34.9 Å². The molecule has 4 atom stereocenters. The average molecular weight is 386 g/mol. The molecule has 0 saturated heterocycles. The van der Waals surface area contributed by atoms with Gasteiger partial charge in [0.05, 0.1) is 0 Å². The molecule has 150 valence electrons. The predicted molar refractivity (Wildman–Crippen MR) is 107 cm³/mol. The van der Waals surface area contributed by atoms with Gasteiger partial charge in [-0.2, -0.15) is 0 Å². The van der Waals surface area contributed by atoms with Gasteiger partial charge in [-0.05, 0) is 37.1 Å². The Morgan fingerprint density at radius 1 is 0.786 bits per heavy atom. The number of benzene rings is 2. The molecule has 6 N–H and O–H groups in total. The first-order valence-corrected chi connectivity index (χ1v) is 8.80. The van der Waals surface area contributed by atoms with Gasteiger partial charge in [0.25, 0.3) is 0 Å². The summed E-state index contributed by atoms with van der Waals surface area (Å²) in [6, 6.07) is 17.2. The fourth-order valence-electron chi connectivity index (χ4n) is 2.67. The van der Waals surface area contributed by atoms with E-state index in [4.69, 9.17) is 0 Å². The summed E-state index contributed by atoms with van der Waals surface area (Å²) in [5.74, 6) is -1.21. The second-order valence-electron chi connectivity index (χ2n) is 7.03. The van der Waals surface area contributed by atoms with E-state index in [0.717, 1.165) is 13.8 Å². The fourth-order valence-corrected chi connectivity index (χ4v) is 2.67. The molecular weight excluding hydrogens is 360 g/mol. The highest BCUT2D eigenvalue weighted by atomic mass is 16.4. The monoisotopic (exact) mass is 386 g/mol. The largest absolute Gasteiger partial charge is 0.509 e. The van der Waals surface area contributed by atoms with Crippen LogP contribution in [0.25, 0.3) is 12.2 Å². The fraction of sp³-hybridized carbons (Fsp3) is 0.273. The van der Waals surface area contributed by atoms with Gasteiger partial charge in [-0.1, -0.05) is 60.7 Å². The predicted octanol–water partition coefficient (Wildman–Crippen LogP) is 2.41. The van der Waals surface area contributed by atoms with E-state index in [2.05, 4.69) is 0 Å². The van der Waals surface area contributed by atoms with Gasteiger partial charge >= 0.3 is 0 Å². The van der Waals surface area contributed by atoms with Crippen LogP contribution in [0.2, 0.25) is 0 Å². The smallest absolute Gasteiger partial charge is 0.149 e. The number of rotatable bonds is 7. The molecule has 2 rings (SSSR count). The van der Waals surface area contributed by atoms with Crippen LogP contribution in [0.1, 0.15) is 25.0 Å². The maximum atomic E-state index is 10.7. The molecule has 28 heavy (non-hydrogen) atoms. The highest BCUT2D eigenvalue weighted by Gasteiger charge is 2.53. The summed E-state index contributed by atoms with van der Waals surface area (Å²) >= 11 is 0. The van der Waals surface area contributed by atoms with E-state index in [9.17, 15) is 30.6 Å². The SMILES string of the molecule is C[C@](O)(C(O)=Cc1ccccc1)[C@@](C)(O)[C@H](O)[C@H](O)C(O)=Cc1ccccc1. The van der Waals surface area contributed by atoms with Crippen molar-refractivity contribution in [3.63, 3.8) is 0 Å². The van der Waals surface area contributed by atoms with E-state index in [-0.39, 0.29) is 0 Å². The maximum Gasteiger partial charge on any atom is 0.149 e. The Labute approximate surface area is 164 Å². The van der Waals surface area contributed by atoms with Crippen molar-refractivity contribution in [3.05, 3.63) is 83.3 Å². The third kappa shape index (κ3) is 4.61. The number of aliphatic hydroxyl groups excluding tert-OH is 4. The molecule has 0 amide bonds. The molecule has 0 aliphatic heterocycles. The second-order valence-corrected chi connectivity index (χ2v) is 7.03. The Morgan fingerprint density at radius 3 is 1.68 bits per heavy atom. The third-order valence-electron chi connectivity index (χ3n) is 4.88. The number of hydrogen-bond acceptors (Lipinski definition) is 6. The van der Waals surface area contributed by atoms with E-state index in [1.807, 2.05) is 0 Å². The van der Waals surface area contributed by atoms with Crippen LogP contribution >= 0.6 is 0 Å². The van der Waals surface area contributed by atoms with Crippen molar-refractivity contribution < 1.29 is 30.6 Å². The van der Waals surface area contributed by atoms with Gasteiger partial charge in [-0.3, -0.25) is 0 Å². The van der Waals surface area contributed by atoms with Crippen molar-refractivity contribution in [1.29, 1.82) is 0 Å². The molecule has 0 unspecified atom stereocenters. The highest BCUT2D eigenvalue weighted by molar-refractivity contribution is 5.54. The molecule has 0 aliphatic carbocycles.